The Kier molecular flexibility index (Phi) is 10.4. The maximum absolute atomic E-state index is 12.8. The number of nitrogens with one attached hydrogen (secondary N) is 4. The van der Waals surface area contributed by atoms with Gasteiger partial charge in [0.25, 0.3) is 0 Å². The number of carbonyl (C=O) groups is 1. The molecule has 0 spiro atoms. The van der Waals surface area contributed by atoms with Crippen LogP contribution in [0.1, 0.15) is 73.8 Å². The summed E-state index contributed by atoms with van der Waals surface area (Å²) in [7, 11) is 0. The van der Waals surface area contributed by atoms with Crippen LogP contribution in [-0.4, -0.2) is 25.7 Å². The minimum absolute atomic E-state index is 0.225. The Morgan fingerprint density at radius 3 is 1.78 bits per heavy atom. The summed E-state index contributed by atoms with van der Waals surface area (Å²) >= 11 is 0. The van der Waals surface area contributed by atoms with E-state index in [1.807, 2.05) is 54.9 Å². The minimum Gasteiger partial charge on any atom is -0.356 e. The number of fused-ring (bicyclic) bond motifs is 2. The van der Waals surface area contributed by atoms with Crippen molar-refractivity contribution >= 4 is 28.5 Å². The maximum atomic E-state index is 12.8. The Balaban J connectivity index is 0.000000159. The number of ketones is 1. The zero-order chi connectivity index (χ0) is 35.2. The fraction of sp³-hybridized carbons (Fsp3) is 0.295. The molecule has 0 bridgehead atoms. The quantitative estimate of drug-likeness (QED) is 0.122. The molecule has 0 saturated heterocycles. The van der Waals surface area contributed by atoms with E-state index in [1.165, 1.54) is 41.0 Å². The lowest BCUT2D eigenvalue weighted by atomic mass is 9.82. The number of H-pyrrole nitrogens is 2. The van der Waals surface area contributed by atoms with Crippen molar-refractivity contribution in [3.63, 3.8) is 0 Å². The SMILES string of the molecule is CC(C)CC1CCc2c([nH]c(-c3ccncc3)c2Nc2ccccc2)C1.CCC1CC(=O)c2c([nH]c(-c3ccncc3)c2Nc2ccccc2)C1. The van der Waals surface area contributed by atoms with E-state index < -0.39 is 0 Å². The number of Topliss-reactive ketones (excluding diaryl/α,β-unsaturated/α-hetero) is 1. The summed E-state index contributed by atoms with van der Waals surface area (Å²) in [6.45, 7) is 6.81. The monoisotopic (exact) mass is 676 g/mol. The summed E-state index contributed by atoms with van der Waals surface area (Å²) in [6, 6.07) is 28.5. The molecule has 8 rings (SSSR count). The highest BCUT2D eigenvalue weighted by Gasteiger charge is 2.31. The number of nitrogens with zero attached hydrogens (tertiary/aromatic N) is 2. The first-order valence-corrected chi connectivity index (χ1v) is 18.4. The van der Waals surface area contributed by atoms with E-state index in [9.17, 15) is 4.79 Å². The average Bonchev–Trinajstić information content (AvgIpc) is 3.71. The van der Waals surface area contributed by atoms with Gasteiger partial charge in [-0.25, -0.2) is 0 Å². The van der Waals surface area contributed by atoms with Gasteiger partial charge in [-0.15, -0.1) is 0 Å². The normalized spacial score (nSPS) is 16.5. The molecule has 0 aliphatic heterocycles. The van der Waals surface area contributed by atoms with E-state index >= 15 is 0 Å². The van der Waals surface area contributed by atoms with E-state index in [1.54, 1.807) is 12.4 Å². The Morgan fingerprint density at radius 2 is 1.22 bits per heavy atom. The smallest absolute Gasteiger partial charge is 0.167 e. The van der Waals surface area contributed by atoms with E-state index in [-0.39, 0.29) is 5.78 Å². The van der Waals surface area contributed by atoms with E-state index in [2.05, 4.69) is 93.8 Å². The Hall–Kier alpha value is -5.43. The second-order valence-corrected chi connectivity index (χ2v) is 14.4. The maximum Gasteiger partial charge on any atom is 0.167 e. The molecule has 4 heterocycles. The molecule has 6 aromatic rings. The standard InChI is InChI=1S/C23H27N3.C21H21N3O/c1-16(2)14-17-8-9-20-21(15-17)26-22(18-10-12-24-13-11-18)23(20)25-19-6-4-3-5-7-19;1-2-14-12-17-19(18(25)13-14)21(23-16-6-4-3-5-7-16)20(24-17)15-8-10-22-11-9-15/h3-7,10-13,16-17,25-26H,8-9,14-15H2,1-2H3;3-11,14,23-24H,2,12-13H2,1H3. The topological polar surface area (TPSA) is 98.5 Å². The molecule has 2 aliphatic rings. The van der Waals surface area contributed by atoms with E-state index in [0.29, 0.717) is 12.3 Å². The molecule has 4 N–H and O–H groups in total. The van der Waals surface area contributed by atoms with Crippen molar-refractivity contribution in [2.45, 2.75) is 65.7 Å². The molecular weight excluding hydrogens is 629 g/mol. The summed E-state index contributed by atoms with van der Waals surface area (Å²) in [5, 5.41) is 7.15. The summed E-state index contributed by atoms with van der Waals surface area (Å²) in [5.41, 5.74) is 13.3. The second-order valence-electron chi connectivity index (χ2n) is 14.4. The third-order valence-corrected chi connectivity index (χ3v) is 10.2. The molecule has 4 aromatic heterocycles. The lowest BCUT2D eigenvalue weighted by Crippen LogP contribution is -2.19. The molecule has 2 unspecified atom stereocenters. The number of anilines is 4. The molecule has 2 aliphatic carbocycles. The largest absolute Gasteiger partial charge is 0.356 e. The van der Waals surface area contributed by atoms with Crippen LogP contribution in [0.25, 0.3) is 22.5 Å². The van der Waals surface area contributed by atoms with Crippen LogP contribution in [0.4, 0.5) is 22.7 Å². The highest BCUT2D eigenvalue weighted by atomic mass is 16.1. The van der Waals surface area contributed by atoms with Crippen LogP contribution in [0.2, 0.25) is 0 Å². The third-order valence-electron chi connectivity index (χ3n) is 10.2. The highest BCUT2D eigenvalue weighted by Crippen LogP contribution is 2.42. The van der Waals surface area contributed by atoms with Crippen molar-refractivity contribution in [1.82, 2.24) is 19.9 Å². The molecule has 51 heavy (non-hydrogen) atoms. The van der Waals surface area contributed by atoms with Crippen LogP contribution < -0.4 is 10.6 Å². The summed E-state index contributed by atoms with van der Waals surface area (Å²) < 4.78 is 0. The molecule has 260 valence electrons. The van der Waals surface area contributed by atoms with Gasteiger partial charge in [0.1, 0.15) is 0 Å². The van der Waals surface area contributed by atoms with Crippen LogP contribution in [0.3, 0.4) is 0 Å². The van der Waals surface area contributed by atoms with Gasteiger partial charge in [0.15, 0.2) is 5.78 Å². The number of hydrogen-bond acceptors (Lipinski definition) is 5. The van der Waals surface area contributed by atoms with Gasteiger partial charge >= 0.3 is 0 Å². The van der Waals surface area contributed by atoms with Gasteiger partial charge in [0.05, 0.1) is 28.3 Å². The van der Waals surface area contributed by atoms with Crippen LogP contribution in [-0.2, 0) is 19.3 Å². The average molecular weight is 677 g/mol. The van der Waals surface area contributed by atoms with Crippen molar-refractivity contribution in [1.29, 1.82) is 0 Å². The Morgan fingerprint density at radius 1 is 0.686 bits per heavy atom. The number of para-hydroxylation sites is 2. The molecular formula is C44H48N6O. The number of benzene rings is 2. The van der Waals surface area contributed by atoms with E-state index in [0.717, 1.165) is 77.1 Å². The lowest BCUT2D eigenvalue weighted by molar-refractivity contribution is 0.0948. The zero-order valence-electron chi connectivity index (χ0n) is 29.9. The highest BCUT2D eigenvalue weighted by molar-refractivity contribution is 6.07. The number of hydrogen-bond donors (Lipinski definition) is 4. The number of rotatable bonds is 9. The molecule has 0 fully saturated rings. The number of pyridine rings is 2. The third kappa shape index (κ3) is 7.83. The van der Waals surface area contributed by atoms with Gasteiger partial charge in [-0.05, 0) is 104 Å². The first-order chi connectivity index (χ1) is 25.0. The predicted octanol–water partition coefficient (Wildman–Crippen LogP) is 10.9. The second kappa shape index (κ2) is 15.6. The number of aromatic nitrogens is 4. The lowest BCUT2D eigenvalue weighted by Gasteiger charge is -2.24. The minimum atomic E-state index is 0.225. The van der Waals surface area contributed by atoms with E-state index in [4.69, 9.17) is 0 Å². The molecule has 0 saturated carbocycles. The van der Waals surface area contributed by atoms with Crippen molar-refractivity contribution in [3.05, 3.63) is 132 Å². The molecule has 7 heteroatoms. The van der Waals surface area contributed by atoms with Crippen molar-refractivity contribution in [2.24, 2.45) is 17.8 Å². The zero-order valence-corrected chi connectivity index (χ0v) is 29.9. The molecule has 2 atom stereocenters. The molecule has 0 amide bonds. The Labute approximate surface area is 301 Å². The van der Waals surface area contributed by atoms with Crippen LogP contribution >= 0.6 is 0 Å². The van der Waals surface area contributed by atoms with Gasteiger partial charge in [0.2, 0.25) is 0 Å². The predicted molar refractivity (Wildman–Crippen MR) is 209 cm³/mol. The van der Waals surface area contributed by atoms with Gasteiger partial charge < -0.3 is 20.6 Å². The molecule has 2 aromatic carbocycles. The fourth-order valence-electron chi connectivity index (χ4n) is 7.74. The fourth-order valence-corrected chi connectivity index (χ4v) is 7.74. The van der Waals surface area contributed by atoms with Gasteiger partial charge in [0, 0.05) is 65.1 Å². The first kappa shape index (κ1) is 34.0. The summed E-state index contributed by atoms with van der Waals surface area (Å²) in [6.07, 6.45) is 14.7. The number of carbonyl (C=O) groups excluding carboxylic acids is 1. The summed E-state index contributed by atoms with van der Waals surface area (Å²) in [4.78, 5) is 28.4. The van der Waals surface area contributed by atoms with Crippen LogP contribution in [0.15, 0.2) is 110 Å². The van der Waals surface area contributed by atoms with Gasteiger partial charge in [-0.3, -0.25) is 14.8 Å². The summed E-state index contributed by atoms with van der Waals surface area (Å²) in [5.74, 6) is 2.20. The van der Waals surface area contributed by atoms with Crippen LogP contribution in [0, 0.1) is 17.8 Å². The molecule has 7 nitrogen and oxygen atoms in total. The van der Waals surface area contributed by atoms with Crippen molar-refractivity contribution in [3.8, 4) is 22.5 Å². The van der Waals surface area contributed by atoms with Crippen LogP contribution in [0.5, 0.6) is 0 Å². The first-order valence-electron chi connectivity index (χ1n) is 18.4. The van der Waals surface area contributed by atoms with Crippen molar-refractivity contribution < 1.29 is 4.79 Å². The van der Waals surface area contributed by atoms with Gasteiger partial charge in [-0.2, -0.15) is 0 Å². The number of aromatic amines is 2. The van der Waals surface area contributed by atoms with Crippen molar-refractivity contribution in [2.75, 3.05) is 10.6 Å². The Bertz CT molecular complexity index is 2030. The molecule has 0 radical (unpaired) electrons. The van der Waals surface area contributed by atoms with Gasteiger partial charge in [-0.1, -0.05) is 63.6 Å².